The third kappa shape index (κ3) is 4.72. The maximum absolute atomic E-state index is 13.9. The molecule has 0 radical (unpaired) electrons. The van der Waals surface area contributed by atoms with Crippen molar-refractivity contribution in [3.05, 3.63) is 66.0 Å². The maximum Gasteiger partial charge on any atom is 0.262 e. The zero-order chi connectivity index (χ0) is 24.5. The standard InChI is InChI=1S/C24H24FN3O5S/c1-15-10-11-16(14-21(15)34(32,33)27-20-9-5-4-8-19(20)25)26-22(29)12-13-28-23(30)17-6-2-3-7-18(17)24(28)31/h2-5,8-11,14,17-18,27H,6-7,12-13H2,1H3,(H,26,29). The third-order valence-electron chi connectivity index (χ3n) is 6.04. The first-order chi connectivity index (χ1) is 16.2. The third-order valence-corrected chi connectivity index (χ3v) is 7.55. The van der Waals surface area contributed by atoms with E-state index in [2.05, 4.69) is 10.0 Å². The fourth-order valence-corrected chi connectivity index (χ4v) is 5.58. The first kappa shape index (κ1) is 23.6. The lowest BCUT2D eigenvalue weighted by atomic mass is 9.85. The molecule has 2 atom stereocenters. The van der Waals surface area contributed by atoms with Gasteiger partial charge in [0.15, 0.2) is 0 Å². The van der Waals surface area contributed by atoms with Gasteiger partial charge in [-0.05, 0) is 49.6 Å². The molecule has 34 heavy (non-hydrogen) atoms. The van der Waals surface area contributed by atoms with E-state index in [1.165, 1.54) is 30.3 Å². The Balaban J connectivity index is 1.42. The van der Waals surface area contributed by atoms with Gasteiger partial charge >= 0.3 is 0 Å². The summed E-state index contributed by atoms with van der Waals surface area (Å²) < 4.78 is 41.8. The van der Waals surface area contributed by atoms with Crippen LogP contribution in [-0.2, 0) is 24.4 Å². The van der Waals surface area contributed by atoms with Crippen LogP contribution in [0.2, 0.25) is 0 Å². The highest BCUT2D eigenvalue weighted by Crippen LogP contribution is 2.35. The molecule has 2 unspecified atom stereocenters. The monoisotopic (exact) mass is 485 g/mol. The number of anilines is 2. The van der Waals surface area contributed by atoms with Gasteiger partial charge in [0.25, 0.3) is 10.0 Å². The summed E-state index contributed by atoms with van der Waals surface area (Å²) in [6.45, 7) is 1.54. The minimum Gasteiger partial charge on any atom is -0.326 e. The quantitative estimate of drug-likeness (QED) is 0.462. The summed E-state index contributed by atoms with van der Waals surface area (Å²) in [5, 5.41) is 2.61. The molecule has 1 saturated heterocycles. The smallest absolute Gasteiger partial charge is 0.262 e. The van der Waals surface area contributed by atoms with E-state index in [4.69, 9.17) is 0 Å². The number of nitrogens with one attached hydrogen (secondary N) is 2. The van der Waals surface area contributed by atoms with Crippen LogP contribution in [0.1, 0.15) is 24.8 Å². The number of carbonyl (C=O) groups excluding carboxylic acids is 3. The fourth-order valence-electron chi connectivity index (χ4n) is 4.24. The molecule has 8 nitrogen and oxygen atoms in total. The molecule has 178 valence electrons. The highest BCUT2D eigenvalue weighted by Gasteiger charge is 2.46. The highest BCUT2D eigenvalue weighted by atomic mass is 32.2. The molecule has 1 aliphatic heterocycles. The zero-order valence-corrected chi connectivity index (χ0v) is 19.3. The second kappa shape index (κ2) is 9.38. The number of rotatable bonds is 7. The number of aryl methyl sites for hydroxylation is 1. The largest absolute Gasteiger partial charge is 0.326 e. The Bertz CT molecular complexity index is 1270. The molecule has 1 heterocycles. The van der Waals surface area contributed by atoms with Crippen molar-refractivity contribution in [3.63, 3.8) is 0 Å². The van der Waals surface area contributed by atoms with Crippen molar-refractivity contribution < 1.29 is 27.2 Å². The predicted octanol–water partition coefficient (Wildman–Crippen LogP) is 3.21. The van der Waals surface area contributed by atoms with Crippen LogP contribution >= 0.6 is 0 Å². The second-order valence-corrected chi connectivity index (χ2v) is 10.00. The Hall–Kier alpha value is -3.53. The number of sulfonamides is 1. The Morgan fingerprint density at radius 3 is 2.35 bits per heavy atom. The highest BCUT2D eigenvalue weighted by molar-refractivity contribution is 7.92. The molecule has 10 heteroatoms. The van der Waals surface area contributed by atoms with Crippen LogP contribution in [0.4, 0.5) is 15.8 Å². The molecule has 2 aliphatic rings. The molecule has 1 aliphatic carbocycles. The van der Waals surface area contributed by atoms with E-state index in [0.717, 1.165) is 11.0 Å². The summed E-state index contributed by atoms with van der Waals surface area (Å²) in [7, 11) is -4.12. The molecule has 3 amide bonds. The first-order valence-electron chi connectivity index (χ1n) is 10.9. The van der Waals surface area contributed by atoms with Crippen molar-refractivity contribution in [2.45, 2.75) is 31.1 Å². The number of imide groups is 1. The number of likely N-dealkylation sites (tertiary alicyclic amines) is 1. The van der Waals surface area contributed by atoms with Gasteiger partial charge in [0.2, 0.25) is 17.7 Å². The molecule has 2 N–H and O–H groups in total. The van der Waals surface area contributed by atoms with Gasteiger partial charge in [0.05, 0.1) is 22.4 Å². The number of carbonyl (C=O) groups is 3. The predicted molar refractivity (Wildman–Crippen MR) is 124 cm³/mol. The lowest BCUT2D eigenvalue weighted by molar-refractivity contribution is -0.140. The van der Waals surface area contributed by atoms with E-state index in [1.54, 1.807) is 13.0 Å². The Morgan fingerprint density at radius 1 is 1.06 bits per heavy atom. The Labute approximate surface area is 196 Å². The van der Waals surface area contributed by atoms with Crippen molar-refractivity contribution in [2.75, 3.05) is 16.6 Å². The van der Waals surface area contributed by atoms with Crippen LogP contribution in [-0.4, -0.2) is 37.6 Å². The van der Waals surface area contributed by atoms with Gasteiger partial charge in [-0.3, -0.25) is 24.0 Å². The molecular formula is C24H24FN3O5S. The summed E-state index contributed by atoms with van der Waals surface area (Å²) in [4.78, 5) is 38.6. The van der Waals surface area contributed by atoms with Gasteiger partial charge in [-0.2, -0.15) is 0 Å². The van der Waals surface area contributed by atoms with Crippen molar-refractivity contribution in [1.29, 1.82) is 0 Å². The number of hydrogen-bond acceptors (Lipinski definition) is 5. The minimum atomic E-state index is -4.12. The lowest BCUT2D eigenvalue weighted by Crippen LogP contribution is -2.34. The van der Waals surface area contributed by atoms with Gasteiger partial charge in [-0.15, -0.1) is 0 Å². The van der Waals surface area contributed by atoms with Crippen molar-refractivity contribution >= 4 is 39.1 Å². The van der Waals surface area contributed by atoms with Gasteiger partial charge < -0.3 is 5.32 Å². The topological polar surface area (TPSA) is 113 Å². The molecule has 0 saturated carbocycles. The molecule has 4 rings (SSSR count). The molecule has 0 bridgehead atoms. The average Bonchev–Trinajstić information content (AvgIpc) is 3.05. The number of amides is 3. The van der Waals surface area contributed by atoms with Crippen molar-refractivity contribution in [2.24, 2.45) is 11.8 Å². The van der Waals surface area contributed by atoms with Gasteiger partial charge in [0, 0.05) is 18.7 Å². The average molecular weight is 486 g/mol. The number of para-hydroxylation sites is 1. The molecule has 1 fully saturated rings. The summed E-state index contributed by atoms with van der Waals surface area (Å²) in [6, 6.07) is 9.75. The molecule has 2 aromatic carbocycles. The van der Waals surface area contributed by atoms with E-state index in [-0.39, 0.29) is 52.9 Å². The SMILES string of the molecule is Cc1ccc(NC(=O)CCN2C(=O)C3CC=CCC3C2=O)cc1S(=O)(=O)Nc1ccccc1F. The fraction of sp³-hybridized carbons (Fsp3) is 0.292. The van der Waals surface area contributed by atoms with Gasteiger partial charge in [-0.25, -0.2) is 12.8 Å². The summed E-state index contributed by atoms with van der Waals surface area (Å²) in [5.41, 5.74) is 0.444. The number of benzene rings is 2. The number of hydrogen-bond donors (Lipinski definition) is 2. The van der Waals surface area contributed by atoms with Crippen LogP contribution in [0.3, 0.4) is 0 Å². The van der Waals surface area contributed by atoms with E-state index in [0.29, 0.717) is 18.4 Å². The van der Waals surface area contributed by atoms with Crippen molar-refractivity contribution in [1.82, 2.24) is 4.90 Å². The molecule has 2 aromatic rings. The maximum atomic E-state index is 13.9. The zero-order valence-electron chi connectivity index (χ0n) is 18.5. The van der Waals surface area contributed by atoms with Crippen LogP contribution in [0.15, 0.2) is 59.5 Å². The Kier molecular flexibility index (Phi) is 6.52. The molecular weight excluding hydrogens is 461 g/mol. The summed E-state index contributed by atoms with van der Waals surface area (Å²) >= 11 is 0. The second-order valence-electron chi connectivity index (χ2n) is 8.35. The van der Waals surface area contributed by atoms with Gasteiger partial charge in [-0.1, -0.05) is 30.4 Å². The van der Waals surface area contributed by atoms with E-state index in [9.17, 15) is 27.2 Å². The minimum absolute atomic E-state index is 0.0393. The first-order valence-corrected chi connectivity index (χ1v) is 12.3. The number of allylic oxidation sites excluding steroid dienone is 2. The molecule has 0 spiro atoms. The van der Waals surface area contributed by atoms with E-state index >= 15 is 0 Å². The van der Waals surface area contributed by atoms with Crippen LogP contribution in [0.5, 0.6) is 0 Å². The molecule has 0 aromatic heterocycles. The lowest BCUT2D eigenvalue weighted by Gasteiger charge is -2.15. The summed E-state index contributed by atoms with van der Waals surface area (Å²) in [5.74, 6) is -2.40. The normalized spacial score (nSPS) is 19.8. The number of fused-ring (bicyclic) bond motifs is 1. The van der Waals surface area contributed by atoms with Gasteiger partial charge in [0.1, 0.15) is 5.82 Å². The van der Waals surface area contributed by atoms with Crippen molar-refractivity contribution in [3.8, 4) is 0 Å². The number of nitrogens with zero attached hydrogens (tertiary/aromatic N) is 1. The van der Waals surface area contributed by atoms with E-state index < -0.39 is 21.7 Å². The van der Waals surface area contributed by atoms with Crippen LogP contribution in [0.25, 0.3) is 0 Å². The Morgan fingerprint density at radius 2 is 1.71 bits per heavy atom. The van der Waals surface area contributed by atoms with Crippen LogP contribution in [0, 0.1) is 24.6 Å². The summed E-state index contributed by atoms with van der Waals surface area (Å²) in [6.07, 6.45) is 4.73. The van der Waals surface area contributed by atoms with Crippen LogP contribution < -0.4 is 10.0 Å². The number of halogens is 1. The van der Waals surface area contributed by atoms with E-state index in [1.807, 2.05) is 12.2 Å².